The van der Waals surface area contributed by atoms with Crippen LogP contribution < -0.4 is 30.7 Å². The smallest absolute Gasteiger partial charge is 0.297 e. The van der Waals surface area contributed by atoms with Crippen molar-refractivity contribution >= 4 is 29.0 Å². The van der Waals surface area contributed by atoms with E-state index in [9.17, 15) is 13.6 Å². The van der Waals surface area contributed by atoms with Crippen LogP contribution in [-0.4, -0.2) is 48.7 Å². The van der Waals surface area contributed by atoms with Gasteiger partial charge in [-0.05, 0) is 12.1 Å². The average Bonchev–Trinajstić information content (AvgIpc) is 2.90. The molecule has 188 valence electrons. The molecule has 0 aliphatic carbocycles. The largest absolute Gasteiger partial charge is 0.497 e. The number of ether oxygens (including phenoxy) is 2. The summed E-state index contributed by atoms with van der Waals surface area (Å²) in [6.07, 6.45) is -1.61. The van der Waals surface area contributed by atoms with E-state index >= 15 is 0 Å². The number of rotatable bonds is 11. The number of alkyl halides is 2. The van der Waals surface area contributed by atoms with Gasteiger partial charge in [0.1, 0.15) is 35.5 Å². The summed E-state index contributed by atoms with van der Waals surface area (Å²) in [6, 6.07) is 10.0. The molecule has 0 saturated carbocycles. The summed E-state index contributed by atoms with van der Waals surface area (Å²) in [5.41, 5.74) is 1.39. The molecule has 0 saturated heterocycles. The molecule has 0 aliphatic rings. The van der Waals surface area contributed by atoms with E-state index in [1.54, 1.807) is 32.4 Å². The van der Waals surface area contributed by atoms with Crippen LogP contribution in [0.4, 0.5) is 31.9 Å². The van der Waals surface area contributed by atoms with Crippen LogP contribution in [0.3, 0.4) is 0 Å². The molecule has 2 heterocycles. The Labute approximate surface area is 205 Å². The van der Waals surface area contributed by atoms with Crippen molar-refractivity contribution in [2.45, 2.75) is 13.0 Å². The number of nitriles is 1. The Morgan fingerprint density at radius 1 is 1.11 bits per heavy atom. The van der Waals surface area contributed by atoms with Gasteiger partial charge in [-0.15, -0.1) is 0 Å². The van der Waals surface area contributed by atoms with Gasteiger partial charge >= 0.3 is 0 Å². The number of anilines is 4. The lowest BCUT2D eigenvalue weighted by Gasteiger charge is -2.14. The maximum Gasteiger partial charge on any atom is 0.297 e. The molecule has 13 heteroatoms. The van der Waals surface area contributed by atoms with Gasteiger partial charge in [0.2, 0.25) is 0 Å². The minimum atomic E-state index is -2.91. The molecule has 0 radical (unpaired) electrons. The third kappa shape index (κ3) is 6.44. The van der Waals surface area contributed by atoms with E-state index in [1.807, 2.05) is 6.07 Å². The van der Waals surface area contributed by atoms with Crippen LogP contribution in [0.2, 0.25) is 0 Å². The topological polar surface area (TPSA) is 146 Å². The molecule has 0 aliphatic heterocycles. The highest BCUT2D eigenvalue weighted by Gasteiger charge is 2.16. The molecular weight excluding hydrogens is 474 g/mol. The molecule has 0 bridgehead atoms. The zero-order valence-corrected chi connectivity index (χ0v) is 19.7. The Morgan fingerprint density at radius 2 is 1.89 bits per heavy atom. The fourth-order valence-electron chi connectivity index (χ4n) is 3.16. The van der Waals surface area contributed by atoms with Crippen molar-refractivity contribution < 1.29 is 23.0 Å². The van der Waals surface area contributed by atoms with Crippen molar-refractivity contribution in [3.63, 3.8) is 0 Å². The van der Waals surface area contributed by atoms with Crippen LogP contribution in [-0.2, 0) is 6.54 Å². The van der Waals surface area contributed by atoms with E-state index in [2.05, 4.69) is 36.2 Å². The first kappa shape index (κ1) is 25.9. The predicted molar refractivity (Wildman–Crippen MR) is 129 cm³/mol. The lowest BCUT2D eigenvalue weighted by molar-refractivity contribution is 0.0959. The molecule has 0 fully saturated rings. The van der Waals surface area contributed by atoms with Crippen molar-refractivity contribution in [2.24, 2.45) is 0 Å². The highest BCUT2D eigenvalue weighted by Crippen LogP contribution is 2.27. The summed E-state index contributed by atoms with van der Waals surface area (Å²) in [6.45, 7) is 0.0818. The third-order valence-electron chi connectivity index (χ3n) is 4.89. The molecule has 0 atom stereocenters. The number of methoxy groups -OCH3 is 2. The molecule has 3 rings (SSSR count). The highest BCUT2D eigenvalue weighted by molar-refractivity contribution is 5.99. The maximum absolute atomic E-state index is 13.5. The first-order valence-electron chi connectivity index (χ1n) is 10.6. The Morgan fingerprint density at radius 3 is 2.56 bits per heavy atom. The van der Waals surface area contributed by atoms with Crippen molar-refractivity contribution in [1.82, 2.24) is 20.3 Å². The van der Waals surface area contributed by atoms with Gasteiger partial charge < -0.3 is 30.7 Å². The number of carbonyl (C=O) groups excluding carboxylic acids is 1. The number of halogens is 2. The van der Waals surface area contributed by atoms with Crippen LogP contribution in [0, 0.1) is 11.3 Å². The minimum absolute atomic E-state index is 0.0701. The van der Waals surface area contributed by atoms with Crippen molar-refractivity contribution in [3.05, 3.63) is 53.5 Å². The molecule has 0 spiro atoms. The summed E-state index contributed by atoms with van der Waals surface area (Å²) in [4.78, 5) is 24.1. The number of nitrogens with zero attached hydrogens (tertiary/aromatic N) is 4. The number of carbonyl (C=O) groups is 1. The van der Waals surface area contributed by atoms with Gasteiger partial charge in [0.15, 0.2) is 5.82 Å². The number of amides is 1. The Balaban J connectivity index is 1.83. The van der Waals surface area contributed by atoms with E-state index < -0.39 is 18.2 Å². The van der Waals surface area contributed by atoms with Crippen LogP contribution in [0.25, 0.3) is 0 Å². The summed E-state index contributed by atoms with van der Waals surface area (Å²) in [7, 11) is 4.67. The standard InChI is InChI=1S/C23H24F2N8O3/c1-27-16-9-18(30-12-15(16)23(34)28-7-6-26)31-20-10-19(32-22(33-20)21(24)25)29-11-13-4-5-14(35-2)8-17(13)36-3/h4-5,8-10,12,21H,7,11H2,1-3H3,(H,28,34)(H3,27,29,30,31,32,33). The van der Waals surface area contributed by atoms with Gasteiger partial charge in [0, 0.05) is 43.6 Å². The van der Waals surface area contributed by atoms with Crippen LogP contribution in [0.1, 0.15) is 28.2 Å². The van der Waals surface area contributed by atoms with E-state index in [1.165, 1.54) is 25.4 Å². The molecular formula is C23H24F2N8O3. The highest BCUT2D eigenvalue weighted by atomic mass is 19.3. The van der Waals surface area contributed by atoms with E-state index in [0.29, 0.717) is 17.2 Å². The summed E-state index contributed by atoms with van der Waals surface area (Å²) in [5, 5.41) is 19.8. The lowest BCUT2D eigenvalue weighted by Crippen LogP contribution is -2.24. The second kappa shape index (κ2) is 12.1. The quantitative estimate of drug-likeness (QED) is 0.290. The Hall–Kier alpha value is -4.73. The number of benzene rings is 1. The molecule has 1 aromatic carbocycles. The fourth-order valence-corrected chi connectivity index (χ4v) is 3.16. The second-order valence-electron chi connectivity index (χ2n) is 7.16. The number of pyridine rings is 1. The van der Waals surface area contributed by atoms with Crippen molar-refractivity contribution in [1.29, 1.82) is 5.26 Å². The predicted octanol–water partition coefficient (Wildman–Crippen LogP) is 3.48. The zero-order valence-electron chi connectivity index (χ0n) is 19.7. The van der Waals surface area contributed by atoms with Gasteiger partial charge in [0.25, 0.3) is 12.3 Å². The van der Waals surface area contributed by atoms with Crippen LogP contribution >= 0.6 is 0 Å². The Bertz CT molecular complexity index is 1270. The van der Waals surface area contributed by atoms with Gasteiger partial charge in [-0.1, -0.05) is 0 Å². The number of hydrogen-bond acceptors (Lipinski definition) is 10. The number of aromatic nitrogens is 3. The summed E-state index contributed by atoms with van der Waals surface area (Å²) in [5.74, 6) is 0.491. The number of hydrogen-bond donors (Lipinski definition) is 4. The Kier molecular flexibility index (Phi) is 8.71. The van der Waals surface area contributed by atoms with Gasteiger partial charge in [-0.2, -0.15) is 5.26 Å². The first-order valence-corrected chi connectivity index (χ1v) is 10.6. The van der Waals surface area contributed by atoms with Crippen LogP contribution in [0.5, 0.6) is 11.5 Å². The van der Waals surface area contributed by atoms with Crippen LogP contribution in [0.15, 0.2) is 36.5 Å². The average molecular weight is 498 g/mol. The lowest BCUT2D eigenvalue weighted by atomic mass is 10.2. The molecule has 36 heavy (non-hydrogen) atoms. The second-order valence-corrected chi connectivity index (χ2v) is 7.16. The molecule has 1 amide bonds. The van der Waals surface area contributed by atoms with E-state index in [-0.39, 0.29) is 36.1 Å². The summed E-state index contributed by atoms with van der Waals surface area (Å²) < 4.78 is 37.5. The van der Waals surface area contributed by atoms with Crippen molar-refractivity contribution in [3.8, 4) is 17.6 Å². The van der Waals surface area contributed by atoms with Crippen molar-refractivity contribution in [2.75, 3.05) is 43.8 Å². The normalized spacial score (nSPS) is 10.4. The molecule has 4 N–H and O–H groups in total. The number of nitrogens with one attached hydrogen (secondary N) is 4. The zero-order chi connectivity index (χ0) is 26.1. The SMILES string of the molecule is CNc1cc(Nc2cc(NCc3ccc(OC)cc3OC)nc(C(F)F)n2)ncc1C(=O)NCC#N. The maximum atomic E-state index is 13.5. The van der Waals surface area contributed by atoms with E-state index in [0.717, 1.165) is 5.56 Å². The molecule has 3 aromatic rings. The van der Waals surface area contributed by atoms with Gasteiger partial charge in [0.05, 0.1) is 31.5 Å². The first-order chi connectivity index (χ1) is 17.4. The monoisotopic (exact) mass is 498 g/mol. The molecule has 11 nitrogen and oxygen atoms in total. The van der Waals surface area contributed by atoms with E-state index in [4.69, 9.17) is 14.7 Å². The molecule has 0 unspecified atom stereocenters. The van der Waals surface area contributed by atoms with Gasteiger partial charge in [-0.3, -0.25) is 4.79 Å². The molecule has 2 aromatic heterocycles. The third-order valence-corrected chi connectivity index (χ3v) is 4.89. The summed E-state index contributed by atoms with van der Waals surface area (Å²) >= 11 is 0. The van der Waals surface area contributed by atoms with Gasteiger partial charge in [-0.25, -0.2) is 23.7 Å². The minimum Gasteiger partial charge on any atom is -0.497 e. The fraction of sp³-hybridized carbons (Fsp3) is 0.261.